The van der Waals surface area contributed by atoms with Crippen LogP contribution in [0.1, 0.15) is 25.1 Å². The van der Waals surface area contributed by atoms with Crippen molar-refractivity contribution in [1.29, 1.82) is 0 Å². The van der Waals surface area contributed by atoms with E-state index in [-0.39, 0.29) is 18.5 Å². The van der Waals surface area contributed by atoms with Crippen molar-refractivity contribution in [2.24, 2.45) is 11.8 Å². The molecule has 1 rings (SSSR count). The van der Waals surface area contributed by atoms with Gasteiger partial charge in [-0.15, -0.1) is 11.3 Å². The average Bonchev–Trinajstić information content (AvgIpc) is 2.84. The molecule has 2 amide bonds. The fourth-order valence-electron chi connectivity index (χ4n) is 1.70. The Morgan fingerprint density at radius 3 is 2.63 bits per heavy atom. The second kappa shape index (κ2) is 7.78. The Balaban J connectivity index is 2.29. The van der Waals surface area contributed by atoms with Crippen LogP contribution in [0.25, 0.3) is 0 Å². The number of carbonyl (C=O) groups is 2. The zero-order valence-electron chi connectivity index (χ0n) is 11.2. The first-order valence-corrected chi connectivity index (χ1v) is 7.14. The number of hydrogen-bond acceptors (Lipinski definition) is 3. The van der Waals surface area contributed by atoms with Gasteiger partial charge in [-0.1, -0.05) is 19.9 Å². The molecule has 0 saturated carbocycles. The quantitative estimate of drug-likeness (QED) is 0.719. The van der Waals surface area contributed by atoms with Crippen molar-refractivity contribution in [2.45, 2.75) is 26.8 Å². The molecule has 0 aliphatic heterocycles. The Labute approximate surface area is 117 Å². The number of thiophene rings is 1. The molecule has 6 heteroatoms. The van der Waals surface area contributed by atoms with Crippen molar-refractivity contribution in [3.63, 3.8) is 0 Å². The van der Waals surface area contributed by atoms with E-state index in [1.54, 1.807) is 11.3 Å². The molecular formula is C13H20N2O3S. The molecule has 3 N–H and O–H groups in total. The Morgan fingerprint density at radius 1 is 1.37 bits per heavy atom. The third-order valence-corrected chi connectivity index (χ3v) is 3.49. The van der Waals surface area contributed by atoms with Crippen molar-refractivity contribution >= 4 is 23.3 Å². The number of urea groups is 1. The van der Waals surface area contributed by atoms with E-state index in [9.17, 15) is 9.59 Å². The maximum absolute atomic E-state index is 11.5. The van der Waals surface area contributed by atoms with Crippen LogP contribution < -0.4 is 10.6 Å². The minimum atomic E-state index is -0.868. The average molecular weight is 284 g/mol. The molecule has 19 heavy (non-hydrogen) atoms. The lowest BCUT2D eigenvalue weighted by Gasteiger charge is -2.15. The Kier molecular flexibility index (Phi) is 6.35. The van der Waals surface area contributed by atoms with Crippen molar-refractivity contribution in [2.75, 3.05) is 6.54 Å². The van der Waals surface area contributed by atoms with Crippen molar-refractivity contribution in [3.8, 4) is 0 Å². The smallest absolute Gasteiger partial charge is 0.315 e. The van der Waals surface area contributed by atoms with Gasteiger partial charge in [-0.2, -0.15) is 0 Å². The van der Waals surface area contributed by atoms with E-state index in [0.29, 0.717) is 13.0 Å². The highest BCUT2D eigenvalue weighted by atomic mass is 32.1. The van der Waals surface area contributed by atoms with E-state index >= 15 is 0 Å². The Morgan fingerprint density at radius 2 is 2.11 bits per heavy atom. The largest absolute Gasteiger partial charge is 0.481 e. The first kappa shape index (κ1) is 15.5. The van der Waals surface area contributed by atoms with Crippen molar-refractivity contribution in [1.82, 2.24) is 10.6 Å². The molecule has 0 radical (unpaired) electrons. The molecule has 0 aromatic carbocycles. The summed E-state index contributed by atoms with van der Waals surface area (Å²) in [6, 6.07) is 3.52. The number of carboxylic acid groups (broad SMARTS) is 1. The second-order valence-electron chi connectivity index (χ2n) is 4.81. The van der Waals surface area contributed by atoms with Gasteiger partial charge in [-0.25, -0.2) is 4.79 Å². The predicted octanol–water partition coefficient (Wildman–Crippen LogP) is 2.29. The summed E-state index contributed by atoms with van der Waals surface area (Å²) in [5.74, 6) is -1.11. The monoisotopic (exact) mass is 284 g/mol. The summed E-state index contributed by atoms with van der Waals surface area (Å²) in [6.07, 6.45) is 0.556. The van der Waals surface area contributed by atoms with Crippen LogP contribution in [0.4, 0.5) is 4.79 Å². The summed E-state index contributed by atoms with van der Waals surface area (Å²) in [6.45, 7) is 4.55. The lowest BCUT2D eigenvalue weighted by molar-refractivity contribution is -0.142. The highest BCUT2D eigenvalue weighted by molar-refractivity contribution is 7.09. The summed E-state index contributed by atoms with van der Waals surface area (Å²) < 4.78 is 0. The Bertz CT molecular complexity index is 404. The molecule has 5 nitrogen and oxygen atoms in total. The number of carbonyl (C=O) groups excluding carboxylic acids is 1. The first-order valence-electron chi connectivity index (χ1n) is 6.26. The van der Waals surface area contributed by atoms with Crippen LogP contribution in [0.2, 0.25) is 0 Å². The zero-order chi connectivity index (χ0) is 14.3. The van der Waals surface area contributed by atoms with Gasteiger partial charge in [-0.3, -0.25) is 4.79 Å². The fraction of sp³-hybridized carbons (Fsp3) is 0.538. The van der Waals surface area contributed by atoms with E-state index in [1.165, 1.54) is 0 Å². The van der Waals surface area contributed by atoms with Crippen LogP contribution in [0.5, 0.6) is 0 Å². The molecule has 0 fully saturated rings. The highest BCUT2D eigenvalue weighted by Crippen LogP contribution is 2.11. The minimum Gasteiger partial charge on any atom is -0.481 e. The SMILES string of the molecule is CC(C)CC(CNC(=O)NCc1cccs1)C(=O)O. The van der Waals surface area contributed by atoms with Gasteiger partial charge < -0.3 is 15.7 Å². The summed E-state index contributed by atoms with van der Waals surface area (Å²) in [5.41, 5.74) is 0. The van der Waals surface area contributed by atoms with Crippen LogP contribution >= 0.6 is 11.3 Å². The number of amides is 2. The molecule has 1 heterocycles. The van der Waals surface area contributed by atoms with Gasteiger partial charge in [0, 0.05) is 11.4 Å². The molecule has 0 saturated heterocycles. The lowest BCUT2D eigenvalue weighted by Crippen LogP contribution is -2.39. The fourth-order valence-corrected chi connectivity index (χ4v) is 2.34. The topological polar surface area (TPSA) is 78.4 Å². The van der Waals surface area contributed by atoms with Gasteiger partial charge in [-0.05, 0) is 23.8 Å². The number of rotatable bonds is 7. The Hall–Kier alpha value is -1.56. The number of carboxylic acids is 1. The molecule has 0 spiro atoms. The van der Waals surface area contributed by atoms with Gasteiger partial charge >= 0.3 is 12.0 Å². The van der Waals surface area contributed by atoms with Gasteiger partial charge in [0.2, 0.25) is 0 Å². The second-order valence-corrected chi connectivity index (χ2v) is 5.84. The third kappa shape index (κ3) is 6.24. The number of nitrogens with one attached hydrogen (secondary N) is 2. The molecule has 0 aliphatic carbocycles. The summed E-state index contributed by atoms with van der Waals surface area (Å²) in [4.78, 5) is 23.6. The lowest BCUT2D eigenvalue weighted by atomic mass is 9.97. The molecular weight excluding hydrogens is 264 g/mol. The highest BCUT2D eigenvalue weighted by Gasteiger charge is 2.19. The molecule has 1 aromatic rings. The van der Waals surface area contributed by atoms with Crippen molar-refractivity contribution < 1.29 is 14.7 Å². The number of hydrogen-bond donors (Lipinski definition) is 3. The van der Waals surface area contributed by atoms with Crippen LogP contribution in [0, 0.1) is 11.8 Å². The zero-order valence-corrected chi connectivity index (χ0v) is 12.0. The predicted molar refractivity (Wildman–Crippen MR) is 75.1 cm³/mol. The standard InChI is InChI=1S/C13H20N2O3S/c1-9(2)6-10(12(16)17)7-14-13(18)15-8-11-4-3-5-19-11/h3-5,9-10H,6-8H2,1-2H3,(H,16,17)(H2,14,15,18). The summed E-state index contributed by atoms with van der Waals surface area (Å²) >= 11 is 1.57. The van der Waals surface area contributed by atoms with E-state index in [0.717, 1.165) is 4.88 Å². The maximum atomic E-state index is 11.5. The third-order valence-electron chi connectivity index (χ3n) is 2.62. The molecule has 1 atom stereocenters. The molecule has 0 aliphatic rings. The van der Waals surface area contributed by atoms with Crippen molar-refractivity contribution in [3.05, 3.63) is 22.4 Å². The summed E-state index contributed by atoms with van der Waals surface area (Å²) in [7, 11) is 0. The summed E-state index contributed by atoms with van der Waals surface area (Å²) in [5, 5.41) is 16.3. The van der Waals surface area contributed by atoms with E-state index < -0.39 is 11.9 Å². The van der Waals surface area contributed by atoms with Crippen LogP contribution in [-0.4, -0.2) is 23.7 Å². The van der Waals surface area contributed by atoms with E-state index in [2.05, 4.69) is 10.6 Å². The van der Waals surface area contributed by atoms with Gasteiger partial charge in [0.25, 0.3) is 0 Å². The normalized spacial score (nSPS) is 12.2. The van der Waals surface area contributed by atoms with E-state index in [1.807, 2.05) is 31.4 Å². The maximum Gasteiger partial charge on any atom is 0.315 e. The number of aliphatic carboxylic acids is 1. The van der Waals surface area contributed by atoms with Gasteiger partial charge in [0.15, 0.2) is 0 Å². The molecule has 1 unspecified atom stereocenters. The molecule has 106 valence electrons. The van der Waals surface area contributed by atoms with Crippen LogP contribution in [-0.2, 0) is 11.3 Å². The minimum absolute atomic E-state index is 0.157. The van der Waals surface area contributed by atoms with Gasteiger partial charge in [0.05, 0.1) is 12.5 Å². The van der Waals surface area contributed by atoms with E-state index in [4.69, 9.17) is 5.11 Å². The van der Waals surface area contributed by atoms with Gasteiger partial charge in [0.1, 0.15) is 0 Å². The first-order chi connectivity index (χ1) is 8.99. The van der Waals surface area contributed by atoms with Crippen LogP contribution in [0.15, 0.2) is 17.5 Å². The molecule has 0 bridgehead atoms. The molecule has 1 aromatic heterocycles. The van der Waals surface area contributed by atoms with Crippen LogP contribution in [0.3, 0.4) is 0 Å².